The molecule has 0 saturated carbocycles. The largest absolute Gasteiger partial charge is 0.322 e. The molecule has 29 heavy (non-hydrogen) atoms. The van der Waals surface area contributed by atoms with Gasteiger partial charge in [0, 0.05) is 0 Å². The Morgan fingerprint density at radius 2 is 1.59 bits per heavy atom. The summed E-state index contributed by atoms with van der Waals surface area (Å²) in [6, 6.07) is 16.2. The van der Waals surface area contributed by atoms with Crippen LogP contribution in [0.25, 0.3) is 0 Å². The molecule has 0 spiro atoms. The van der Waals surface area contributed by atoms with Gasteiger partial charge in [-0.2, -0.15) is 0 Å². The van der Waals surface area contributed by atoms with Gasteiger partial charge in [-0.05, 0) is 42.5 Å². The molecule has 150 valence electrons. The summed E-state index contributed by atoms with van der Waals surface area (Å²) in [5, 5.41) is 2.03. The predicted octanol–water partition coefficient (Wildman–Crippen LogP) is 4.45. The van der Waals surface area contributed by atoms with E-state index in [4.69, 9.17) is 11.6 Å². The minimum atomic E-state index is -4.18. The molecule has 3 aromatic rings. The number of carbonyl (C=O) groups excluding carboxylic acids is 1. The zero-order valence-electron chi connectivity index (χ0n) is 14.8. The number of carbonyl (C=O) groups is 1. The van der Waals surface area contributed by atoms with Gasteiger partial charge in [0.05, 0.1) is 21.3 Å². The lowest BCUT2D eigenvalue weighted by atomic mass is 10.3. The molecule has 0 heterocycles. The van der Waals surface area contributed by atoms with E-state index < -0.39 is 34.1 Å². The van der Waals surface area contributed by atoms with Gasteiger partial charge in [0.2, 0.25) is 5.91 Å². The first-order chi connectivity index (χ1) is 13.8. The molecule has 0 fully saturated rings. The Morgan fingerprint density at radius 1 is 0.931 bits per heavy atom. The first-order valence-electron chi connectivity index (χ1n) is 8.36. The van der Waals surface area contributed by atoms with Crippen molar-refractivity contribution in [1.82, 2.24) is 0 Å². The third kappa shape index (κ3) is 4.72. The maximum atomic E-state index is 13.8. The molecule has 3 rings (SSSR count). The molecule has 0 unspecified atom stereocenters. The first-order valence-corrected chi connectivity index (χ1v) is 10.2. The average Bonchev–Trinajstić information content (AvgIpc) is 2.71. The minimum absolute atomic E-state index is 0.0102. The summed E-state index contributed by atoms with van der Waals surface area (Å²) in [4.78, 5) is 12.4. The smallest absolute Gasteiger partial charge is 0.264 e. The van der Waals surface area contributed by atoms with Gasteiger partial charge < -0.3 is 5.32 Å². The molecule has 9 heteroatoms. The molecule has 0 aliphatic heterocycles. The Morgan fingerprint density at radius 3 is 2.24 bits per heavy atom. The molecule has 3 aromatic carbocycles. The summed E-state index contributed by atoms with van der Waals surface area (Å²) in [6.07, 6.45) is 0. The molecule has 5 nitrogen and oxygen atoms in total. The Labute approximate surface area is 171 Å². The van der Waals surface area contributed by atoms with Crippen LogP contribution in [0.3, 0.4) is 0 Å². The number of nitrogens with zero attached hydrogens (tertiary/aromatic N) is 1. The quantitative estimate of drug-likeness (QED) is 0.620. The van der Waals surface area contributed by atoms with Crippen molar-refractivity contribution < 1.29 is 22.0 Å². The highest BCUT2D eigenvalue weighted by molar-refractivity contribution is 7.92. The molecular weight excluding hydrogens is 422 g/mol. The summed E-state index contributed by atoms with van der Waals surface area (Å²) in [7, 11) is -4.18. The van der Waals surface area contributed by atoms with Crippen molar-refractivity contribution in [2.45, 2.75) is 4.90 Å². The van der Waals surface area contributed by atoms with E-state index in [-0.39, 0.29) is 21.3 Å². The molecule has 0 saturated heterocycles. The summed E-state index contributed by atoms with van der Waals surface area (Å²) in [6.45, 7) is -0.673. The molecule has 0 aromatic heterocycles. The fraction of sp³-hybridized carbons (Fsp3) is 0.0500. The number of amides is 1. The van der Waals surface area contributed by atoms with E-state index in [9.17, 15) is 22.0 Å². The lowest BCUT2D eigenvalue weighted by molar-refractivity contribution is -0.114. The summed E-state index contributed by atoms with van der Waals surface area (Å²) in [5.41, 5.74) is -0.101. The number of hydrogen-bond donors (Lipinski definition) is 1. The van der Waals surface area contributed by atoms with Crippen LogP contribution in [0.4, 0.5) is 20.2 Å². The van der Waals surface area contributed by atoms with Crippen molar-refractivity contribution in [2.24, 2.45) is 0 Å². The fourth-order valence-corrected chi connectivity index (χ4v) is 4.17. The summed E-state index contributed by atoms with van der Waals surface area (Å²) in [5.74, 6) is -2.18. The second kappa shape index (κ2) is 8.59. The van der Waals surface area contributed by atoms with E-state index >= 15 is 0 Å². The van der Waals surface area contributed by atoms with Gasteiger partial charge in [0.25, 0.3) is 10.0 Å². The van der Waals surface area contributed by atoms with Gasteiger partial charge in [0.1, 0.15) is 18.2 Å². The van der Waals surface area contributed by atoms with E-state index in [1.54, 1.807) is 6.07 Å². The third-order valence-electron chi connectivity index (χ3n) is 3.96. The van der Waals surface area contributed by atoms with E-state index in [0.717, 1.165) is 22.5 Å². The van der Waals surface area contributed by atoms with Gasteiger partial charge in [-0.3, -0.25) is 9.10 Å². The predicted molar refractivity (Wildman–Crippen MR) is 107 cm³/mol. The number of para-hydroxylation sites is 1. The van der Waals surface area contributed by atoms with Crippen molar-refractivity contribution >= 4 is 38.9 Å². The van der Waals surface area contributed by atoms with E-state index in [1.807, 2.05) is 0 Å². The van der Waals surface area contributed by atoms with Crippen molar-refractivity contribution in [3.05, 3.63) is 89.5 Å². The van der Waals surface area contributed by atoms with E-state index in [2.05, 4.69) is 5.32 Å². The average molecular weight is 437 g/mol. The van der Waals surface area contributed by atoms with Crippen LogP contribution in [-0.4, -0.2) is 20.9 Å². The number of hydrogen-bond acceptors (Lipinski definition) is 3. The molecule has 0 bridgehead atoms. The highest BCUT2D eigenvalue weighted by Crippen LogP contribution is 2.28. The summed E-state index contributed by atoms with van der Waals surface area (Å²) < 4.78 is 54.4. The second-order valence-corrected chi connectivity index (χ2v) is 8.22. The number of anilines is 2. The lowest BCUT2D eigenvalue weighted by Gasteiger charge is -2.24. The van der Waals surface area contributed by atoms with Crippen LogP contribution in [-0.2, 0) is 14.8 Å². The topological polar surface area (TPSA) is 66.5 Å². The van der Waals surface area contributed by atoms with Crippen LogP contribution in [0.1, 0.15) is 0 Å². The lowest BCUT2D eigenvalue weighted by Crippen LogP contribution is -2.38. The number of rotatable bonds is 6. The Bertz CT molecular complexity index is 1140. The number of benzene rings is 3. The van der Waals surface area contributed by atoms with Crippen molar-refractivity contribution in [3.63, 3.8) is 0 Å². The number of nitrogens with one attached hydrogen (secondary N) is 1. The van der Waals surface area contributed by atoms with Crippen LogP contribution in [0, 0.1) is 11.6 Å². The van der Waals surface area contributed by atoms with Crippen LogP contribution >= 0.6 is 11.6 Å². The van der Waals surface area contributed by atoms with Crippen LogP contribution in [0.2, 0.25) is 5.02 Å². The molecule has 0 aliphatic rings. The molecule has 0 radical (unpaired) electrons. The first kappa shape index (κ1) is 20.8. The van der Waals surface area contributed by atoms with Gasteiger partial charge in [0.15, 0.2) is 0 Å². The molecule has 1 N–H and O–H groups in total. The van der Waals surface area contributed by atoms with Gasteiger partial charge in [-0.15, -0.1) is 0 Å². The monoisotopic (exact) mass is 436 g/mol. The SMILES string of the molecule is O=C(CN(c1ccc(F)c(Cl)c1)S(=O)(=O)c1ccccc1)Nc1ccccc1F. The van der Waals surface area contributed by atoms with Gasteiger partial charge >= 0.3 is 0 Å². The standard InChI is InChI=1S/C20H15ClF2N2O3S/c21-16-12-14(10-11-17(16)22)25(29(27,28)15-6-2-1-3-7-15)13-20(26)24-19-9-5-4-8-18(19)23/h1-12H,13H2,(H,24,26). The third-order valence-corrected chi connectivity index (χ3v) is 6.04. The highest BCUT2D eigenvalue weighted by Gasteiger charge is 2.28. The van der Waals surface area contributed by atoms with Crippen molar-refractivity contribution in [2.75, 3.05) is 16.2 Å². The van der Waals surface area contributed by atoms with Crippen LogP contribution < -0.4 is 9.62 Å². The Hall–Kier alpha value is -2.97. The highest BCUT2D eigenvalue weighted by atomic mass is 35.5. The molecular formula is C20H15ClF2N2O3S. The van der Waals surface area contributed by atoms with Gasteiger partial charge in [-0.25, -0.2) is 17.2 Å². The van der Waals surface area contributed by atoms with Crippen molar-refractivity contribution in [3.8, 4) is 0 Å². The fourth-order valence-electron chi connectivity index (χ4n) is 2.56. The minimum Gasteiger partial charge on any atom is -0.322 e. The molecule has 0 atom stereocenters. The second-order valence-electron chi connectivity index (χ2n) is 5.95. The molecule has 0 aliphatic carbocycles. The Kier molecular flexibility index (Phi) is 6.14. The van der Waals surface area contributed by atoms with Gasteiger partial charge in [-0.1, -0.05) is 41.9 Å². The number of halogens is 3. The van der Waals surface area contributed by atoms with Crippen LogP contribution in [0.15, 0.2) is 77.7 Å². The van der Waals surface area contributed by atoms with E-state index in [1.165, 1.54) is 48.5 Å². The van der Waals surface area contributed by atoms with E-state index in [0.29, 0.717) is 0 Å². The molecule has 1 amide bonds. The van der Waals surface area contributed by atoms with Crippen molar-refractivity contribution in [1.29, 1.82) is 0 Å². The van der Waals surface area contributed by atoms with Crippen LogP contribution in [0.5, 0.6) is 0 Å². The normalized spacial score (nSPS) is 11.1. The zero-order chi connectivity index (χ0) is 21.0. The maximum Gasteiger partial charge on any atom is 0.264 e. The number of sulfonamides is 1. The summed E-state index contributed by atoms with van der Waals surface area (Å²) >= 11 is 5.79. The Balaban J connectivity index is 1.98. The maximum absolute atomic E-state index is 13.8. The zero-order valence-corrected chi connectivity index (χ0v) is 16.4.